The Morgan fingerprint density at radius 3 is 2.80 bits per heavy atom. The quantitative estimate of drug-likeness (QED) is 0.505. The van der Waals surface area contributed by atoms with Crippen LogP contribution in [-0.2, 0) is 0 Å². The molecule has 0 aliphatic heterocycles. The fourth-order valence-corrected chi connectivity index (χ4v) is 1.71. The Morgan fingerprint density at radius 2 is 2.33 bits per heavy atom. The lowest BCUT2D eigenvalue weighted by atomic mass is 10.2. The Morgan fingerprint density at radius 1 is 1.67 bits per heavy atom. The molecule has 1 aromatic carbocycles. The van der Waals surface area contributed by atoms with Gasteiger partial charge >= 0.3 is 0 Å². The van der Waals surface area contributed by atoms with E-state index in [2.05, 4.69) is 27.9 Å². The number of nitrogens with one attached hydrogen (secondary N) is 1. The molecule has 0 aromatic heterocycles. The highest BCUT2D eigenvalue weighted by Gasteiger charge is 2.09. The van der Waals surface area contributed by atoms with Crippen LogP contribution >= 0.6 is 22.6 Å². The molecule has 0 bridgehead atoms. The molecule has 0 aliphatic carbocycles. The van der Waals surface area contributed by atoms with E-state index in [0.29, 0.717) is 6.54 Å². The van der Waals surface area contributed by atoms with Crippen LogP contribution in [0.3, 0.4) is 0 Å². The first-order chi connectivity index (χ1) is 7.04. The second-order valence-electron chi connectivity index (χ2n) is 3.20. The number of nitro groups is 1. The highest BCUT2D eigenvalue weighted by atomic mass is 127. The zero-order chi connectivity index (χ0) is 11.4. The molecule has 0 aliphatic rings. The Labute approximate surface area is 101 Å². The molecule has 0 saturated heterocycles. The normalized spacial score (nSPS) is 12.2. The van der Waals surface area contributed by atoms with Crippen molar-refractivity contribution in [2.24, 2.45) is 5.73 Å². The monoisotopic (exact) mass is 321 g/mol. The predicted octanol–water partition coefficient (Wildman–Crippen LogP) is 1.96. The Bertz CT molecular complexity index is 370. The Kier molecular flexibility index (Phi) is 4.28. The molecule has 0 spiro atoms. The summed E-state index contributed by atoms with van der Waals surface area (Å²) in [5, 5.41) is 13.7. The van der Waals surface area contributed by atoms with Gasteiger partial charge in [0.25, 0.3) is 5.69 Å². The number of nitrogens with two attached hydrogens (primary N) is 1. The standard InChI is InChI=1S/C9H12IN3O2/c1-6(5-11)12-9-3-2-7(13(14)15)4-8(9)10/h2-4,6,12H,5,11H2,1H3. The summed E-state index contributed by atoms with van der Waals surface area (Å²) in [6, 6.07) is 4.87. The summed E-state index contributed by atoms with van der Waals surface area (Å²) in [5.41, 5.74) is 6.45. The van der Waals surface area contributed by atoms with Crippen LogP contribution in [-0.4, -0.2) is 17.5 Å². The summed E-state index contributed by atoms with van der Waals surface area (Å²) in [6.07, 6.45) is 0. The number of halogens is 1. The lowest BCUT2D eigenvalue weighted by Gasteiger charge is -2.13. The first-order valence-electron chi connectivity index (χ1n) is 4.45. The fourth-order valence-electron chi connectivity index (χ4n) is 1.06. The summed E-state index contributed by atoms with van der Waals surface area (Å²) >= 11 is 2.06. The number of hydrogen-bond acceptors (Lipinski definition) is 4. The van der Waals surface area contributed by atoms with Crippen LogP contribution in [0.2, 0.25) is 0 Å². The second-order valence-corrected chi connectivity index (χ2v) is 4.36. The maximum atomic E-state index is 10.5. The van der Waals surface area contributed by atoms with Gasteiger partial charge in [-0.15, -0.1) is 0 Å². The Hall–Kier alpha value is -0.890. The van der Waals surface area contributed by atoms with E-state index in [-0.39, 0.29) is 11.7 Å². The molecule has 15 heavy (non-hydrogen) atoms. The SMILES string of the molecule is CC(CN)Nc1ccc([N+](=O)[O-])cc1I. The van der Waals surface area contributed by atoms with E-state index >= 15 is 0 Å². The van der Waals surface area contributed by atoms with Crippen molar-refractivity contribution in [3.05, 3.63) is 31.9 Å². The van der Waals surface area contributed by atoms with Gasteiger partial charge in [0, 0.05) is 34.0 Å². The van der Waals surface area contributed by atoms with Crippen molar-refractivity contribution in [1.82, 2.24) is 0 Å². The summed E-state index contributed by atoms with van der Waals surface area (Å²) < 4.78 is 0.821. The first kappa shape index (κ1) is 12.2. The molecule has 5 nitrogen and oxygen atoms in total. The van der Waals surface area contributed by atoms with Gasteiger partial charge in [0.15, 0.2) is 0 Å². The first-order valence-corrected chi connectivity index (χ1v) is 5.53. The van der Waals surface area contributed by atoms with Crippen molar-refractivity contribution in [2.75, 3.05) is 11.9 Å². The van der Waals surface area contributed by atoms with Crippen LogP contribution in [0.25, 0.3) is 0 Å². The zero-order valence-corrected chi connectivity index (χ0v) is 10.4. The third-order valence-corrected chi connectivity index (χ3v) is 2.81. The van der Waals surface area contributed by atoms with Crippen molar-refractivity contribution < 1.29 is 4.92 Å². The minimum atomic E-state index is -0.404. The molecule has 1 rings (SSSR count). The molecule has 82 valence electrons. The third kappa shape index (κ3) is 3.31. The van der Waals surface area contributed by atoms with Crippen molar-refractivity contribution in [3.8, 4) is 0 Å². The van der Waals surface area contributed by atoms with Crippen molar-refractivity contribution >= 4 is 34.0 Å². The number of non-ortho nitro benzene ring substituents is 1. The van der Waals surface area contributed by atoms with Gasteiger partial charge < -0.3 is 11.1 Å². The fraction of sp³-hybridized carbons (Fsp3) is 0.333. The largest absolute Gasteiger partial charge is 0.380 e. The molecule has 0 radical (unpaired) electrons. The molecule has 1 aromatic rings. The molecule has 0 saturated carbocycles. The van der Waals surface area contributed by atoms with Crippen LogP contribution in [0.4, 0.5) is 11.4 Å². The average Bonchev–Trinajstić information content (AvgIpc) is 2.20. The van der Waals surface area contributed by atoms with Crippen LogP contribution < -0.4 is 11.1 Å². The average molecular weight is 321 g/mol. The summed E-state index contributed by atoms with van der Waals surface area (Å²) in [7, 11) is 0. The molecule has 0 heterocycles. The number of nitrogens with zero attached hydrogens (tertiary/aromatic N) is 1. The van der Waals surface area contributed by atoms with Crippen LogP contribution in [0.15, 0.2) is 18.2 Å². The van der Waals surface area contributed by atoms with Gasteiger partial charge in [-0.2, -0.15) is 0 Å². The lowest BCUT2D eigenvalue weighted by Crippen LogP contribution is -2.25. The van der Waals surface area contributed by atoms with Crippen LogP contribution in [0.5, 0.6) is 0 Å². The minimum absolute atomic E-state index is 0.102. The molecular weight excluding hydrogens is 309 g/mol. The predicted molar refractivity (Wildman–Crippen MR) is 68.0 cm³/mol. The van der Waals surface area contributed by atoms with E-state index < -0.39 is 4.92 Å². The second kappa shape index (κ2) is 5.26. The maximum absolute atomic E-state index is 10.5. The maximum Gasteiger partial charge on any atom is 0.270 e. The van der Waals surface area contributed by atoms with E-state index in [4.69, 9.17) is 5.73 Å². The van der Waals surface area contributed by atoms with Crippen molar-refractivity contribution in [1.29, 1.82) is 0 Å². The topological polar surface area (TPSA) is 81.2 Å². The van der Waals surface area contributed by atoms with Gasteiger partial charge in [-0.05, 0) is 35.6 Å². The molecule has 6 heteroatoms. The van der Waals surface area contributed by atoms with Gasteiger partial charge in [-0.25, -0.2) is 0 Å². The van der Waals surface area contributed by atoms with Crippen LogP contribution in [0.1, 0.15) is 6.92 Å². The molecule has 0 fully saturated rings. The molecule has 3 N–H and O–H groups in total. The summed E-state index contributed by atoms with van der Waals surface area (Å²) in [6.45, 7) is 2.48. The van der Waals surface area contributed by atoms with Gasteiger partial charge in [0.2, 0.25) is 0 Å². The number of rotatable bonds is 4. The molecule has 0 amide bonds. The Balaban J connectivity index is 2.88. The minimum Gasteiger partial charge on any atom is -0.380 e. The third-order valence-electron chi connectivity index (χ3n) is 1.92. The molecule has 1 atom stereocenters. The van der Waals surface area contributed by atoms with Gasteiger partial charge in [-0.3, -0.25) is 10.1 Å². The highest BCUT2D eigenvalue weighted by Crippen LogP contribution is 2.23. The zero-order valence-electron chi connectivity index (χ0n) is 8.24. The van der Waals surface area contributed by atoms with Crippen molar-refractivity contribution in [2.45, 2.75) is 13.0 Å². The smallest absolute Gasteiger partial charge is 0.270 e. The van der Waals surface area contributed by atoms with Crippen LogP contribution in [0, 0.1) is 13.7 Å². The molecule has 1 unspecified atom stereocenters. The molecular formula is C9H12IN3O2. The highest BCUT2D eigenvalue weighted by molar-refractivity contribution is 14.1. The van der Waals surface area contributed by atoms with Crippen molar-refractivity contribution in [3.63, 3.8) is 0 Å². The van der Waals surface area contributed by atoms with E-state index in [0.717, 1.165) is 9.26 Å². The van der Waals surface area contributed by atoms with E-state index in [1.54, 1.807) is 6.07 Å². The van der Waals surface area contributed by atoms with Gasteiger partial charge in [0.1, 0.15) is 0 Å². The number of nitro benzene ring substituents is 1. The summed E-state index contributed by atoms with van der Waals surface area (Å²) in [5.74, 6) is 0. The van der Waals surface area contributed by atoms with E-state index in [1.807, 2.05) is 6.92 Å². The van der Waals surface area contributed by atoms with Gasteiger partial charge in [-0.1, -0.05) is 0 Å². The van der Waals surface area contributed by atoms with E-state index in [9.17, 15) is 10.1 Å². The van der Waals surface area contributed by atoms with Gasteiger partial charge in [0.05, 0.1) is 4.92 Å². The summed E-state index contributed by atoms with van der Waals surface area (Å²) in [4.78, 5) is 10.1. The lowest BCUT2D eigenvalue weighted by molar-refractivity contribution is -0.384. The number of anilines is 1. The van der Waals surface area contributed by atoms with E-state index in [1.165, 1.54) is 12.1 Å². The number of hydrogen-bond donors (Lipinski definition) is 2. The number of benzene rings is 1.